The van der Waals surface area contributed by atoms with E-state index in [0.29, 0.717) is 12.2 Å². The molecule has 0 aliphatic rings. The Morgan fingerprint density at radius 3 is 1.76 bits per heavy atom. The van der Waals surface area contributed by atoms with Crippen LogP contribution in [-0.2, 0) is 24.1 Å². The molecule has 0 amide bonds. The smallest absolute Gasteiger partial charge is 0.306 e. The van der Waals surface area contributed by atoms with Crippen LogP contribution in [0.15, 0.2) is 12.1 Å². The van der Waals surface area contributed by atoms with Gasteiger partial charge in [-0.3, -0.25) is 4.79 Å². The lowest BCUT2D eigenvalue weighted by molar-refractivity contribution is -0.142. The molecule has 0 spiro atoms. The van der Waals surface area contributed by atoms with E-state index in [9.17, 15) is 15.0 Å². The molecule has 0 radical (unpaired) electrons. The number of rotatable bonds is 17. The number of aromatic hydroxyl groups is 1. The Morgan fingerprint density at radius 2 is 1.28 bits per heavy atom. The molecule has 0 aliphatic heterocycles. The number of hydrogen-bond donors (Lipinski definition) is 2. The van der Waals surface area contributed by atoms with Crippen LogP contribution in [0, 0.1) is 5.92 Å². The van der Waals surface area contributed by atoms with Crippen LogP contribution in [0.3, 0.4) is 0 Å². The molecule has 1 rings (SSSR count). The van der Waals surface area contributed by atoms with Crippen LogP contribution in [0.1, 0.15) is 115 Å². The van der Waals surface area contributed by atoms with Crippen LogP contribution in [0.5, 0.6) is 5.75 Å². The van der Waals surface area contributed by atoms with Crippen molar-refractivity contribution in [2.45, 2.75) is 117 Å². The van der Waals surface area contributed by atoms with Gasteiger partial charge in [-0.25, -0.2) is 0 Å². The molecule has 0 fully saturated rings. The molecule has 3 heteroatoms. The molecule has 1 aromatic rings. The molecule has 166 valence electrons. The number of phenols is 1. The summed E-state index contributed by atoms with van der Waals surface area (Å²) >= 11 is 0. The van der Waals surface area contributed by atoms with Gasteiger partial charge in [-0.05, 0) is 55.2 Å². The van der Waals surface area contributed by atoms with Gasteiger partial charge in [0.15, 0.2) is 0 Å². The summed E-state index contributed by atoms with van der Waals surface area (Å²) in [5.41, 5.74) is 3.07. The third-order valence-electron chi connectivity index (χ3n) is 5.91. The number of carboxylic acid groups (broad SMARTS) is 1. The van der Waals surface area contributed by atoms with Crippen molar-refractivity contribution in [3.8, 4) is 5.75 Å². The molecule has 2 N–H and O–H groups in total. The van der Waals surface area contributed by atoms with Crippen LogP contribution < -0.4 is 0 Å². The summed E-state index contributed by atoms with van der Waals surface area (Å²) in [5, 5.41) is 20.4. The summed E-state index contributed by atoms with van der Waals surface area (Å²) in [6.07, 6.45) is 15.8. The number of aryl methyl sites for hydroxylation is 2. The first-order valence-electron chi connectivity index (χ1n) is 12.1. The first kappa shape index (κ1) is 25.5. The molecular weight excluding hydrogens is 360 g/mol. The van der Waals surface area contributed by atoms with Crippen molar-refractivity contribution in [2.24, 2.45) is 5.92 Å². The van der Waals surface area contributed by atoms with Crippen molar-refractivity contribution < 1.29 is 15.0 Å². The van der Waals surface area contributed by atoms with Crippen molar-refractivity contribution in [1.29, 1.82) is 0 Å². The fourth-order valence-electron chi connectivity index (χ4n) is 4.01. The maximum Gasteiger partial charge on any atom is 0.306 e. The van der Waals surface area contributed by atoms with Crippen molar-refractivity contribution in [2.75, 3.05) is 0 Å². The molecular formula is C26H44O3. The predicted octanol–water partition coefficient (Wildman–Crippen LogP) is 7.46. The number of benzene rings is 1. The van der Waals surface area contributed by atoms with E-state index in [0.717, 1.165) is 74.5 Å². The Kier molecular flexibility index (Phi) is 13.5. The maximum atomic E-state index is 11.8. The summed E-state index contributed by atoms with van der Waals surface area (Å²) in [6, 6.07) is 4.11. The molecule has 3 nitrogen and oxygen atoms in total. The molecule has 1 unspecified atom stereocenters. The summed E-state index contributed by atoms with van der Waals surface area (Å²) in [7, 11) is 0. The molecule has 29 heavy (non-hydrogen) atoms. The van der Waals surface area contributed by atoms with Crippen LogP contribution in [0.4, 0.5) is 0 Å². The van der Waals surface area contributed by atoms with E-state index in [1.807, 2.05) is 0 Å². The van der Waals surface area contributed by atoms with Gasteiger partial charge in [0.25, 0.3) is 0 Å². The predicted molar refractivity (Wildman–Crippen MR) is 123 cm³/mol. The SMILES string of the molecule is CCCCCCCCCC(Cc1cc(CCCC)c(O)c(CCCC)c1)C(=O)O. The monoisotopic (exact) mass is 404 g/mol. The Bertz CT molecular complexity index is 550. The first-order valence-corrected chi connectivity index (χ1v) is 12.1. The number of carbonyl (C=O) groups is 1. The van der Waals surface area contributed by atoms with Crippen LogP contribution >= 0.6 is 0 Å². The highest BCUT2D eigenvalue weighted by molar-refractivity contribution is 5.70. The minimum atomic E-state index is -0.686. The number of aliphatic carboxylic acids is 1. The number of carboxylic acids is 1. The van der Waals surface area contributed by atoms with Gasteiger partial charge in [0.1, 0.15) is 5.75 Å². The van der Waals surface area contributed by atoms with Gasteiger partial charge in [0.05, 0.1) is 5.92 Å². The molecule has 0 saturated heterocycles. The summed E-state index contributed by atoms with van der Waals surface area (Å²) < 4.78 is 0. The van der Waals surface area contributed by atoms with Gasteiger partial charge in [0.2, 0.25) is 0 Å². The highest BCUT2D eigenvalue weighted by Crippen LogP contribution is 2.29. The molecule has 0 saturated carbocycles. The highest BCUT2D eigenvalue weighted by atomic mass is 16.4. The first-order chi connectivity index (χ1) is 14.0. The molecule has 1 aromatic carbocycles. The number of hydrogen-bond acceptors (Lipinski definition) is 2. The standard InChI is InChI=1S/C26H44O3/c1-4-7-10-11-12-13-14-17-24(26(28)29)20-21-18-22(15-8-5-2)25(27)23(19-21)16-9-6-3/h18-19,24,27H,4-17,20H2,1-3H3,(H,28,29). The fraction of sp³-hybridized carbons (Fsp3) is 0.731. The molecule has 0 heterocycles. The van der Waals surface area contributed by atoms with Crippen LogP contribution in [0.25, 0.3) is 0 Å². The second-order valence-corrected chi connectivity index (χ2v) is 8.62. The van der Waals surface area contributed by atoms with Gasteiger partial charge in [0, 0.05) is 0 Å². The van der Waals surface area contributed by atoms with Gasteiger partial charge < -0.3 is 10.2 Å². The van der Waals surface area contributed by atoms with Crippen molar-refractivity contribution in [3.63, 3.8) is 0 Å². The van der Waals surface area contributed by atoms with Gasteiger partial charge in [-0.1, -0.05) is 90.7 Å². The van der Waals surface area contributed by atoms with E-state index in [1.165, 1.54) is 32.1 Å². The normalized spacial score (nSPS) is 12.2. The minimum absolute atomic E-state index is 0.326. The zero-order chi connectivity index (χ0) is 21.5. The quantitative estimate of drug-likeness (QED) is 0.265. The lowest BCUT2D eigenvalue weighted by Crippen LogP contribution is -2.17. The van der Waals surface area contributed by atoms with Crippen LogP contribution in [0.2, 0.25) is 0 Å². The lowest BCUT2D eigenvalue weighted by atomic mass is 9.89. The molecule has 1 atom stereocenters. The third kappa shape index (κ3) is 10.2. The Hall–Kier alpha value is -1.51. The molecule has 0 aliphatic carbocycles. The maximum absolute atomic E-state index is 11.8. The number of unbranched alkanes of at least 4 members (excludes halogenated alkanes) is 8. The van der Waals surface area contributed by atoms with E-state index in [2.05, 4.69) is 32.9 Å². The zero-order valence-electron chi connectivity index (χ0n) is 19.1. The van der Waals surface area contributed by atoms with E-state index in [4.69, 9.17) is 0 Å². The van der Waals surface area contributed by atoms with Gasteiger partial charge >= 0.3 is 5.97 Å². The van der Waals surface area contributed by atoms with Crippen molar-refractivity contribution in [3.05, 3.63) is 28.8 Å². The van der Waals surface area contributed by atoms with Crippen molar-refractivity contribution in [1.82, 2.24) is 0 Å². The summed E-state index contributed by atoms with van der Waals surface area (Å²) in [4.78, 5) is 11.8. The third-order valence-corrected chi connectivity index (χ3v) is 5.91. The van der Waals surface area contributed by atoms with Crippen LogP contribution in [-0.4, -0.2) is 16.2 Å². The Balaban J connectivity index is 2.74. The van der Waals surface area contributed by atoms with Gasteiger partial charge in [-0.2, -0.15) is 0 Å². The molecule has 0 bridgehead atoms. The Labute approximate surface area is 178 Å². The average Bonchev–Trinajstić information content (AvgIpc) is 2.71. The van der Waals surface area contributed by atoms with E-state index >= 15 is 0 Å². The molecule has 0 aromatic heterocycles. The van der Waals surface area contributed by atoms with E-state index in [1.54, 1.807) is 0 Å². The second-order valence-electron chi connectivity index (χ2n) is 8.62. The largest absolute Gasteiger partial charge is 0.507 e. The summed E-state index contributed by atoms with van der Waals surface area (Å²) in [6.45, 7) is 6.53. The average molecular weight is 405 g/mol. The van der Waals surface area contributed by atoms with E-state index in [-0.39, 0.29) is 5.92 Å². The lowest BCUT2D eigenvalue weighted by Gasteiger charge is -2.16. The van der Waals surface area contributed by atoms with Crippen molar-refractivity contribution >= 4 is 5.97 Å². The second kappa shape index (κ2) is 15.3. The fourth-order valence-corrected chi connectivity index (χ4v) is 4.01. The zero-order valence-corrected chi connectivity index (χ0v) is 19.1. The van der Waals surface area contributed by atoms with Gasteiger partial charge in [-0.15, -0.1) is 0 Å². The summed E-state index contributed by atoms with van der Waals surface area (Å²) in [5.74, 6) is -0.572. The Morgan fingerprint density at radius 1 is 0.793 bits per heavy atom. The number of phenolic OH excluding ortho intramolecular Hbond substituents is 1. The minimum Gasteiger partial charge on any atom is -0.507 e. The van der Waals surface area contributed by atoms with E-state index < -0.39 is 5.97 Å². The highest BCUT2D eigenvalue weighted by Gasteiger charge is 2.19. The topological polar surface area (TPSA) is 57.5 Å².